The number of hydrogen-bond donors (Lipinski definition) is 0. The molecule has 0 N–H and O–H groups in total. The molecule has 2 aliphatic carbocycles. The lowest BCUT2D eigenvalue weighted by Crippen LogP contribution is -2.41. The fraction of sp³-hybridized carbons (Fsp3) is 0.800. The number of fused-ring (bicyclic) bond motifs is 2. The lowest BCUT2D eigenvalue weighted by Gasteiger charge is -2.43. The summed E-state index contributed by atoms with van der Waals surface area (Å²) >= 11 is 0. The van der Waals surface area contributed by atoms with Crippen LogP contribution in [0.25, 0.3) is 0 Å². The van der Waals surface area contributed by atoms with E-state index in [0.29, 0.717) is 5.78 Å². The van der Waals surface area contributed by atoms with Crippen molar-refractivity contribution in [2.24, 2.45) is 22.7 Å². The summed E-state index contributed by atoms with van der Waals surface area (Å²) in [6, 6.07) is 0. The second-order valence-corrected chi connectivity index (χ2v) is 6.80. The zero-order valence-corrected chi connectivity index (χ0v) is 11.1. The van der Waals surface area contributed by atoms with Crippen molar-refractivity contribution in [3.8, 4) is 0 Å². The first-order valence-corrected chi connectivity index (χ1v) is 6.44. The summed E-state index contributed by atoms with van der Waals surface area (Å²) in [6.07, 6.45) is 4.84. The van der Waals surface area contributed by atoms with Gasteiger partial charge in [0.25, 0.3) is 0 Å². The maximum absolute atomic E-state index is 12.0. The van der Waals surface area contributed by atoms with E-state index in [4.69, 9.17) is 0 Å². The Hall–Kier alpha value is -0.590. The fourth-order valence-corrected chi connectivity index (χ4v) is 4.90. The van der Waals surface area contributed by atoms with E-state index >= 15 is 0 Å². The van der Waals surface area contributed by atoms with Crippen molar-refractivity contribution in [1.29, 1.82) is 0 Å². The second kappa shape index (κ2) is 3.45. The Bertz CT molecular complexity index is 339. The number of hydrogen-bond acceptors (Lipinski definition) is 1. The molecule has 2 rings (SSSR count). The van der Waals surface area contributed by atoms with Crippen molar-refractivity contribution in [2.75, 3.05) is 0 Å². The molecule has 0 heterocycles. The maximum Gasteiger partial charge on any atom is 0.134 e. The van der Waals surface area contributed by atoms with Crippen LogP contribution in [0.15, 0.2) is 12.2 Å². The highest BCUT2D eigenvalue weighted by molar-refractivity contribution is 5.81. The van der Waals surface area contributed by atoms with Crippen LogP contribution in [-0.2, 0) is 4.79 Å². The van der Waals surface area contributed by atoms with Gasteiger partial charge in [0.1, 0.15) is 5.78 Å². The molecule has 3 atom stereocenters. The third kappa shape index (κ3) is 1.48. The van der Waals surface area contributed by atoms with Crippen LogP contribution in [-0.4, -0.2) is 5.78 Å². The van der Waals surface area contributed by atoms with E-state index in [1.54, 1.807) is 6.92 Å². The fourth-order valence-electron chi connectivity index (χ4n) is 4.90. The van der Waals surface area contributed by atoms with Crippen LogP contribution in [0.1, 0.15) is 53.4 Å². The lowest BCUT2D eigenvalue weighted by atomic mass is 9.60. The summed E-state index contributed by atoms with van der Waals surface area (Å²) in [7, 11) is 0. The average molecular weight is 220 g/mol. The Morgan fingerprint density at radius 2 is 2.00 bits per heavy atom. The first kappa shape index (κ1) is 11.9. The molecular weight excluding hydrogens is 196 g/mol. The standard InChI is InChI=1S/C15H24O/c1-10(2)8-15-7-6-12(9-15)14(4,5)13(15)11(3)16/h12-13H,1,6-9H2,2-5H3. The molecule has 2 saturated carbocycles. The quantitative estimate of drug-likeness (QED) is 0.657. The van der Waals surface area contributed by atoms with E-state index in [9.17, 15) is 4.79 Å². The van der Waals surface area contributed by atoms with Gasteiger partial charge in [-0.05, 0) is 56.3 Å². The predicted molar refractivity (Wildman–Crippen MR) is 67.2 cm³/mol. The number of allylic oxidation sites excluding steroid dienone is 1. The van der Waals surface area contributed by atoms with E-state index in [1.807, 2.05) is 0 Å². The molecule has 16 heavy (non-hydrogen) atoms. The second-order valence-electron chi connectivity index (χ2n) is 6.80. The van der Waals surface area contributed by atoms with Gasteiger partial charge in [-0.3, -0.25) is 4.79 Å². The minimum absolute atomic E-state index is 0.208. The third-order valence-corrected chi connectivity index (χ3v) is 5.11. The van der Waals surface area contributed by atoms with Gasteiger partial charge in [0.05, 0.1) is 0 Å². The average Bonchev–Trinajstić information content (AvgIpc) is 2.53. The van der Waals surface area contributed by atoms with Crippen molar-refractivity contribution in [3.63, 3.8) is 0 Å². The Morgan fingerprint density at radius 1 is 1.38 bits per heavy atom. The van der Waals surface area contributed by atoms with Gasteiger partial charge in [-0.25, -0.2) is 0 Å². The van der Waals surface area contributed by atoms with E-state index in [1.165, 1.54) is 24.8 Å². The third-order valence-electron chi connectivity index (χ3n) is 5.11. The number of Topliss-reactive ketones (excluding diaryl/α,β-unsaturated/α-hetero) is 1. The Balaban J connectivity index is 2.37. The van der Waals surface area contributed by atoms with E-state index < -0.39 is 0 Å². The molecule has 0 aromatic rings. The van der Waals surface area contributed by atoms with E-state index in [2.05, 4.69) is 27.4 Å². The van der Waals surface area contributed by atoms with Crippen molar-refractivity contribution >= 4 is 5.78 Å². The molecule has 2 bridgehead atoms. The Morgan fingerprint density at radius 3 is 2.50 bits per heavy atom. The molecular formula is C15H24O. The van der Waals surface area contributed by atoms with Crippen molar-refractivity contribution < 1.29 is 4.79 Å². The summed E-state index contributed by atoms with van der Waals surface area (Å²) in [6.45, 7) is 12.5. The van der Waals surface area contributed by atoms with Crippen molar-refractivity contribution in [1.82, 2.24) is 0 Å². The summed E-state index contributed by atoms with van der Waals surface area (Å²) in [5.41, 5.74) is 1.70. The molecule has 2 fully saturated rings. The predicted octanol–water partition coefficient (Wildman–Crippen LogP) is 3.98. The van der Waals surface area contributed by atoms with Gasteiger partial charge < -0.3 is 0 Å². The SMILES string of the molecule is C=C(C)CC12CCC(C1)C(C)(C)C2C(C)=O. The van der Waals surface area contributed by atoms with Gasteiger partial charge in [0.2, 0.25) is 0 Å². The normalized spacial score (nSPS) is 40.0. The van der Waals surface area contributed by atoms with Gasteiger partial charge in [-0.1, -0.05) is 19.4 Å². The molecule has 0 radical (unpaired) electrons. The summed E-state index contributed by atoms with van der Waals surface area (Å²) in [5.74, 6) is 1.41. The molecule has 2 aliphatic rings. The van der Waals surface area contributed by atoms with Gasteiger partial charge >= 0.3 is 0 Å². The van der Waals surface area contributed by atoms with Gasteiger partial charge in [0, 0.05) is 5.92 Å². The molecule has 0 saturated heterocycles. The molecule has 1 nitrogen and oxygen atoms in total. The first-order valence-electron chi connectivity index (χ1n) is 6.44. The van der Waals surface area contributed by atoms with E-state index in [-0.39, 0.29) is 16.7 Å². The largest absolute Gasteiger partial charge is 0.300 e. The maximum atomic E-state index is 12.0. The Kier molecular flexibility index (Phi) is 2.56. The van der Waals surface area contributed by atoms with Crippen molar-refractivity contribution in [2.45, 2.75) is 53.4 Å². The smallest absolute Gasteiger partial charge is 0.134 e. The van der Waals surface area contributed by atoms with Crippen molar-refractivity contribution in [3.05, 3.63) is 12.2 Å². The number of rotatable bonds is 3. The first-order chi connectivity index (χ1) is 7.29. The van der Waals surface area contributed by atoms with Gasteiger partial charge in [0.15, 0.2) is 0 Å². The molecule has 90 valence electrons. The number of carbonyl (C=O) groups excluding carboxylic acids is 1. The van der Waals surface area contributed by atoms with E-state index in [0.717, 1.165) is 12.3 Å². The Labute approximate surface area is 99.3 Å². The summed E-state index contributed by atoms with van der Waals surface area (Å²) in [4.78, 5) is 12.0. The minimum atomic E-state index is 0.208. The monoisotopic (exact) mass is 220 g/mol. The lowest BCUT2D eigenvalue weighted by molar-refractivity contribution is -0.129. The molecule has 0 aliphatic heterocycles. The van der Waals surface area contributed by atoms with Crippen LogP contribution in [0.3, 0.4) is 0 Å². The number of ketones is 1. The van der Waals surface area contributed by atoms with Crippen LogP contribution in [0.4, 0.5) is 0 Å². The highest BCUT2D eigenvalue weighted by atomic mass is 16.1. The van der Waals surface area contributed by atoms with Gasteiger partial charge in [-0.2, -0.15) is 0 Å². The van der Waals surface area contributed by atoms with Crippen LogP contribution in [0, 0.1) is 22.7 Å². The molecule has 1 heteroatoms. The highest BCUT2D eigenvalue weighted by Crippen LogP contribution is 2.68. The minimum Gasteiger partial charge on any atom is -0.300 e. The summed E-state index contributed by atoms with van der Waals surface area (Å²) in [5, 5.41) is 0. The summed E-state index contributed by atoms with van der Waals surface area (Å²) < 4.78 is 0. The van der Waals surface area contributed by atoms with Crippen LogP contribution < -0.4 is 0 Å². The van der Waals surface area contributed by atoms with Crippen LogP contribution >= 0.6 is 0 Å². The molecule has 3 unspecified atom stereocenters. The highest BCUT2D eigenvalue weighted by Gasteiger charge is 2.62. The van der Waals surface area contributed by atoms with Crippen LogP contribution in [0.2, 0.25) is 0 Å². The topological polar surface area (TPSA) is 17.1 Å². The number of carbonyl (C=O) groups is 1. The molecule has 0 spiro atoms. The molecule has 0 aromatic carbocycles. The van der Waals surface area contributed by atoms with Crippen LogP contribution in [0.5, 0.6) is 0 Å². The molecule has 0 amide bonds. The molecule has 0 aromatic heterocycles. The zero-order chi connectivity index (χ0) is 12.1. The zero-order valence-electron chi connectivity index (χ0n) is 11.1. The van der Waals surface area contributed by atoms with Gasteiger partial charge in [-0.15, -0.1) is 6.58 Å².